The number of piperidine rings is 1. The van der Waals surface area contributed by atoms with Gasteiger partial charge in [-0.25, -0.2) is 4.39 Å². The highest BCUT2D eigenvalue weighted by Crippen LogP contribution is 2.59. The Bertz CT molecular complexity index is 2460. The van der Waals surface area contributed by atoms with Gasteiger partial charge in [-0.05, 0) is 54.4 Å². The highest BCUT2D eigenvalue weighted by Gasteiger charge is 2.67. The monoisotopic (exact) mass is 802 g/mol. The van der Waals surface area contributed by atoms with Crippen molar-refractivity contribution in [1.29, 1.82) is 5.26 Å². The average Bonchev–Trinajstić information content (AvgIpc) is 3.57. The Morgan fingerprint density at radius 3 is 2.26 bits per heavy atom. The molecule has 3 saturated heterocycles. The number of ether oxygens (including phenoxy) is 1. The smallest absolute Gasteiger partial charge is 0.262 e. The van der Waals surface area contributed by atoms with E-state index in [1.807, 2.05) is 28.0 Å². The van der Waals surface area contributed by atoms with Gasteiger partial charge in [0.15, 0.2) is 0 Å². The van der Waals surface area contributed by atoms with Crippen LogP contribution in [-0.4, -0.2) is 94.6 Å². The van der Waals surface area contributed by atoms with Gasteiger partial charge in [-0.15, -0.1) is 0 Å². The molecule has 58 heavy (non-hydrogen) atoms. The van der Waals surface area contributed by atoms with Crippen molar-refractivity contribution in [3.8, 4) is 23.7 Å². The molecule has 1 aliphatic carbocycles. The Morgan fingerprint density at radius 2 is 1.59 bits per heavy atom. The fourth-order valence-electron chi connectivity index (χ4n) is 10.3. The molecule has 0 spiro atoms. The molecule has 1 atom stereocenters. The van der Waals surface area contributed by atoms with Crippen LogP contribution < -0.4 is 15.0 Å². The number of nitriles is 1. The van der Waals surface area contributed by atoms with Crippen LogP contribution in [0.15, 0.2) is 48.5 Å². The largest absolute Gasteiger partial charge is 0.489 e. The summed E-state index contributed by atoms with van der Waals surface area (Å²) < 4.78 is 21.8. The summed E-state index contributed by atoms with van der Waals surface area (Å²) in [6.45, 7) is 11.6. The first-order chi connectivity index (χ1) is 27.6. The van der Waals surface area contributed by atoms with Crippen LogP contribution in [-0.2, 0) is 16.1 Å². The van der Waals surface area contributed by atoms with Gasteiger partial charge in [0.05, 0.1) is 27.4 Å². The number of halogens is 2. The van der Waals surface area contributed by atoms with Crippen LogP contribution in [0.2, 0.25) is 5.02 Å². The normalized spacial score (nSPS) is 24.9. The summed E-state index contributed by atoms with van der Waals surface area (Å²) in [5, 5.41) is 11.8. The van der Waals surface area contributed by atoms with E-state index < -0.39 is 35.5 Å². The van der Waals surface area contributed by atoms with Gasteiger partial charge in [-0.1, -0.05) is 51.1 Å². The molecule has 0 bridgehead atoms. The molecular weight excluding hydrogens is 763 g/mol. The van der Waals surface area contributed by atoms with Gasteiger partial charge < -0.3 is 14.5 Å². The summed E-state index contributed by atoms with van der Waals surface area (Å²) in [4.78, 5) is 71.0. The van der Waals surface area contributed by atoms with Crippen LogP contribution in [0.4, 0.5) is 10.1 Å². The zero-order chi connectivity index (χ0) is 41.0. The number of hydrogen-bond donors (Lipinski definition) is 1. The molecule has 6 aliphatic rings. The highest BCUT2D eigenvalue weighted by molar-refractivity contribution is 6.31. The van der Waals surface area contributed by atoms with Crippen molar-refractivity contribution >= 4 is 46.8 Å². The Balaban J connectivity index is 0.793. The van der Waals surface area contributed by atoms with Crippen molar-refractivity contribution in [3.63, 3.8) is 0 Å². The van der Waals surface area contributed by atoms with Crippen molar-refractivity contribution < 1.29 is 33.1 Å². The standard InChI is InChI=1S/C44H40ClFN6O6/c1-43(2)41(44(3,4)42(43)58-28-9-8-25(17-47)32(45)14-28)51-20-26-13-23(7-10-29(26)38(51)55)5-6-24-18-49(19-24)27-21-50(22-27)35-16-31-30(15-33(35)46)39(56)52(40(31)57)34-11-12-36(53)48-37(34)54/h7-10,13-16,24,27,34,41-42H,11-12,18-22H2,1-4H3,(H,48,53,54). The van der Waals surface area contributed by atoms with Crippen LogP contribution in [0.5, 0.6) is 5.75 Å². The number of anilines is 1. The third-order valence-electron chi connectivity index (χ3n) is 12.9. The molecule has 0 aromatic heterocycles. The third kappa shape index (κ3) is 5.85. The molecule has 1 N–H and O–H groups in total. The first kappa shape index (κ1) is 37.8. The molecule has 3 aromatic carbocycles. The lowest BCUT2D eigenvalue weighted by Crippen LogP contribution is -2.74. The van der Waals surface area contributed by atoms with E-state index in [0.29, 0.717) is 41.5 Å². The van der Waals surface area contributed by atoms with Gasteiger partial charge in [-0.3, -0.25) is 39.1 Å². The van der Waals surface area contributed by atoms with Crippen LogP contribution in [0, 0.1) is 45.7 Å². The van der Waals surface area contributed by atoms with E-state index in [4.69, 9.17) is 16.3 Å². The predicted octanol–water partition coefficient (Wildman–Crippen LogP) is 4.76. The maximum atomic E-state index is 15.3. The van der Waals surface area contributed by atoms with Crippen LogP contribution >= 0.6 is 11.6 Å². The fraction of sp³-hybridized carbons (Fsp3) is 0.409. The number of imide groups is 2. The maximum Gasteiger partial charge on any atom is 0.262 e. The van der Waals surface area contributed by atoms with Gasteiger partial charge in [0.25, 0.3) is 17.7 Å². The summed E-state index contributed by atoms with van der Waals surface area (Å²) in [5.74, 6) is 4.28. The Kier molecular flexibility index (Phi) is 8.73. The number of nitrogens with one attached hydrogen (secondary N) is 1. The summed E-state index contributed by atoms with van der Waals surface area (Å²) in [7, 11) is 0. The van der Waals surface area contributed by atoms with Gasteiger partial charge in [-0.2, -0.15) is 5.26 Å². The first-order valence-corrected chi connectivity index (χ1v) is 19.8. The third-order valence-corrected chi connectivity index (χ3v) is 13.2. The second-order valence-corrected chi connectivity index (χ2v) is 17.8. The summed E-state index contributed by atoms with van der Waals surface area (Å²) in [6.07, 6.45) is -0.160. The quantitative estimate of drug-likeness (QED) is 0.276. The minimum absolute atomic E-state index is 0.00115. The van der Waals surface area contributed by atoms with E-state index >= 15 is 4.39 Å². The second-order valence-electron chi connectivity index (χ2n) is 17.4. The fourth-order valence-corrected chi connectivity index (χ4v) is 10.5. The number of nitrogens with zero attached hydrogens (tertiary/aromatic N) is 5. The molecule has 1 saturated carbocycles. The molecule has 0 radical (unpaired) electrons. The summed E-state index contributed by atoms with van der Waals surface area (Å²) in [5.41, 5.74) is 2.35. The van der Waals surface area contributed by atoms with E-state index in [1.165, 1.54) is 6.07 Å². The Morgan fingerprint density at radius 1 is 0.879 bits per heavy atom. The van der Waals surface area contributed by atoms with Gasteiger partial charge in [0.2, 0.25) is 11.8 Å². The lowest BCUT2D eigenvalue weighted by Gasteiger charge is -2.65. The number of carbonyl (C=O) groups is 5. The number of fused-ring (bicyclic) bond motifs is 2. The first-order valence-electron chi connectivity index (χ1n) is 19.4. The zero-order valence-corrected chi connectivity index (χ0v) is 33.2. The minimum Gasteiger partial charge on any atom is -0.489 e. The van der Waals surface area contributed by atoms with Crippen LogP contribution in [0.1, 0.15) is 88.3 Å². The van der Waals surface area contributed by atoms with Crippen molar-refractivity contribution in [3.05, 3.63) is 92.8 Å². The molecule has 14 heteroatoms. The number of carbonyl (C=O) groups excluding carboxylic acids is 5. The molecule has 4 fully saturated rings. The van der Waals surface area contributed by atoms with Crippen molar-refractivity contribution in [2.75, 3.05) is 31.1 Å². The summed E-state index contributed by atoms with van der Waals surface area (Å²) >= 11 is 6.27. The highest BCUT2D eigenvalue weighted by atomic mass is 35.5. The summed E-state index contributed by atoms with van der Waals surface area (Å²) in [6, 6.07) is 14.4. The number of benzene rings is 3. The van der Waals surface area contributed by atoms with E-state index in [2.05, 4.69) is 55.8 Å². The molecule has 9 rings (SSSR count). The zero-order valence-electron chi connectivity index (χ0n) is 32.4. The van der Waals surface area contributed by atoms with Crippen molar-refractivity contribution in [2.24, 2.45) is 16.7 Å². The predicted molar refractivity (Wildman–Crippen MR) is 209 cm³/mol. The lowest BCUT2D eigenvalue weighted by atomic mass is 9.49. The molecule has 12 nitrogen and oxygen atoms in total. The molecular formula is C44H40ClFN6O6. The van der Waals surface area contributed by atoms with E-state index in [9.17, 15) is 29.2 Å². The number of rotatable bonds is 6. The number of hydrogen-bond acceptors (Lipinski definition) is 9. The van der Waals surface area contributed by atoms with E-state index in [-0.39, 0.29) is 70.5 Å². The SMILES string of the molecule is CC1(C)C(Oc2ccc(C#N)c(Cl)c2)C(C)(C)C1N1Cc2cc(C#CC3CN(C4CN(c5cc6c(cc5F)C(=O)N(C5CCC(=O)NC5=O)C6=O)C4)C3)ccc2C1=O. The number of likely N-dealkylation sites (tertiary alicyclic amines) is 1. The second kappa shape index (κ2) is 13.4. The van der Waals surface area contributed by atoms with Crippen molar-refractivity contribution in [1.82, 2.24) is 20.0 Å². The Hall–Kier alpha value is -5.76. The lowest BCUT2D eigenvalue weighted by molar-refractivity contribution is -0.199. The molecule has 296 valence electrons. The maximum absolute atomic E-state index is 15.3. The van der Waals surface area contributed by atoms with Crippen molar-refractivity contribution in [2.45, 2.75) is 71.3 Å². The molecule has 5 aliphatic heterocycles. The van der Waals surface area contributed by atoms with Gasteiger partial charge in [0.1, 0.15) is 29.8 Å². The van der Waals surface area contributed by atoms with Gasteiger partial charge >= 0.3 is 0 Å². The molecule has 5 heterocycles. The average molecular weight is 803 g/mol. The molecule has 1 unspecified atom stereocenters. The van der Waals surface area contributed by atoms with Crippen LogP contribution in [0.3, 0.4) is 0 Å². The van der Waals surface area contributed by atoms with Crippen LogP contribution in [0.25, 0.3) is 0 Å². The minimum atomic E-state index is -1.11. The van der Waals surface area contributed by atoms with Gasteiger partial charge in [0, 0.05) is 85.2 Å². The topological polar surface area (TPSA) is 143 Å². The Labute approximate surface area is 339 Å². The molecule has 3 aromatic rings. The molecule has 5 amide bonds. The number of amides is 5. The van der Waals surface area contributed by atoms with E-state index in [1.54, 1.807) is 18.2 Å². The van der Waals surface area contributed by atoms with E-state index in [0.717, 1.165) is 35.2 Å².